The fourth-order valence-electron chi connectivity index (χ4n) is 3.52. The third kappa shape index (κ3) is 5.95. The number of carbonyl (C=O) groups excluding carboxylic acids is 1. The van der Waals surface area contributed by atoms with E-state index in [-0.39, 0.29) is 11.7 Å². The van der Waals surface area contributed by atoms with E-state index < -0.39 is 31.7 Å². The van der Waals surface area contributed by atoms with Gasteiger partial charge in [0.05, 0.1) is 23.2 Å². The molecule has 0 bridgehead atoms. The van der Waals surface area contributed by atoms with Crippen molar-refractivity contribution in [3.05, 3.63) is 77.5 Å². The number of para-hydroxylation sites is 1. The summed E-state index contributed by atoms with van der Waals surface area (Å²) in [5.74, 6) is -1.06. The Balaban J connectivity index is 2.18. The third-order valence-electron chi connectivity index (χ3n) is 5.14. The van der Waals surface area contributed by atoms with Crippen molar-refractivity contribution in [2.45, 2.75) is 26.2 Å². The van der Waals surface area contributed by atoms with Gasteiger partial charge in [0, 0.05) is 24.1 Å². The topological polar surface area (TPSA) is 98.5 Å². The second-order valence-electron chi connectivity index (χ2n) is 8.05. The van der Waals surface area contributed by atoms with Crippen molar-refractivity contribution in [3.63, 3.8) is 0 Å². The lowest BCUT2D eigenvalue weighted by Crippen LogP contribution is -2.11. The van der Waals surface area contributed by atoms with E-state index in [9.17, 15) is 18.5 Å². The Bertz CT molecular complexity index is 1250. The maximum atomic E-state index is 13.7. The SMILES string of the molecule is COP(=O)(/C=C/c1c(C(C)C)nn(-c2ccccc2)c1-c1ccc(F)cc1)CC(=O)CC(=O)O. The van der Waals surface area contributed by atoms with Crippen LogP contribution in [0.1, 0.15) is 37.4 Å². The van der Waals surface area contributed by atoms with Gasteiger partial charge in [-0.1, -0.05) is 32.0 Å². The van der Waals surface area contributed by atoms with E-state index in [2.05, 4.69) is 0 Å². The molecule has 0 saturated carbocycles. The monoisotopic (exact) mass is 484 g/mol. The zero-order chi connectivity index (χ0) is 24.9. The zero-order valence-corrected chi connectivity index (χ0v) is 20.0. The Morgan fingerprint density at radius 1 is 1.15 bits per heavy atom. The van der Waals surface area contributed by atoms with E-state index in [1.165, 1.54) is 25.1 Å². The molecule has 3 aromatic rings. The number of carboxylic acids is 1. The Kier molecular flexibility index (Phi) is 7.97. The Hall–Kier alpha value is -3.35. The number of carboxylic acid groups (broad SMARTS) is 1. The molecule has 34 heavy (non-hydrogen) atoms. The number of benzene rings is 2. The molecule has 7 nitrogen and oxygen atoms in total. The maximum Gasteiger partial charge on any atom is 0.310 e. The van der Waals surface area contributed by atoms with Crippen molar-refractivity contribution in [2.24, 2.45) is 0 Å². The molecular formula is C25H26FN2O5P. The summed E-state index contributed by atoms with van der Waals surface area (Å²) in [6, 6.07) is 15.4. The van der Waals surface area contributed by atoms with Crippen LogP contribution in [0.5, 0.6) is 0 Å². The van der Waals surface area contributed by atoms with Crippen LogP contribution < -0.4 is 0 Å². The minimum atomic E-state index is -3.60. The molecule has 2 aromatic carbocycles. The molecule has 0 radical (unpaired) electrons. The molecule has 0 fully saturated rings. The Labute approximate surface area is 197 Å². The van der Waals surface area contributed by atoms with Crippen molar-refractivity contribution in [3.8, 4) is 16.9 Å². The number of carbonyl (C=O) groups is 2. The first kappa shape index (κ1) is 25.3. The van der Waals surface area contributed by atoms with Crippen LogP contribution in [0.25, 0.3) is 23.0 Å². The molecule has 3 rings (SSSR count). The van der Waals surface area contributed by atoms with Crippen molar-refractivity contribution in [2.75, 3.05) is 13.3 Å². The minimum absolute atomic E-state index is 0.0145. The number of ketones is 1. The molecule has 1 aromatic heterocycles. The van der Waals surface area contributed by atoms with Crippen LogP contribution in [0, 0.1) is 5.82 Å². The third-order valence-corrected chi connectivity index (χ3v) is 7.15. The normalized spacial score (nSPS) is 13.3. The number of halogens is 1. The lowest BCUT2D eigenvalue weighted by Gasteiger charge is -2.12. The fourth-order valence-corrected chi connectivity index (χ4v) is 4.85. The first-order chi connectivity index (χ1) is 16.1. The molecule has 9 heteroatoms. The highest BCUT2D eigenvalue weighted by molar-refractivity contribution is 7.63. The average Bonchev–Trinajstić information content (AvgIpc) is 3.18. The second-order valence-corrected chi connectivity index (χ2v) is 10.5. The molecule has 1 heterocycles. The van der Waals surface area contributed by atoms with E-state index in [1.807, 2.05) is 44.2 Å². The summed E-state index contributed by atoms with van der Waals surface area (Å²) in [7, 11) is -2.38. The summed E-state index contributed by atoms with van der Waals surface area (Å²) in [4.78, 5) is 22.8. The van der Waals surface area contributed by atoms with Gasteiger partial charge in [0.2, 0.25) is 7.37 Å². The van der Waals surface area contributed by atoms with Gasteiger partial charge in [0.1, 0.15) is 12.2 Å². The smallest absolute Gasteiger partial charge is 0.310 e. The van der Waals surface area contributed by atoms with Crippen LogP contribution in [0.3, 0.4) is 0 Å². The van der Waals surface area contributed by atoms with E-state index in [0.717, 1.165) is 5.69 Å². The summed E-state index contributed by atoms with van der Waals surface area (Å²) >= 11 is 0. The van der Waals surface area contributed by atoms with Gasteiger partial charge < -0.3 is 9.63 Å². The molecule has 0 saturated heterocycles. The van der Waals surface area contributed by atoms with Gasteiger partial charge in [-0.2, -0.15) is 5.10 Å². The molecule has 178 valence electrons. The number of aromatic nitrogens is 2. The minimum Gasteiger partial charge on any atom is -0.481 e. The number of nitrogens with zero attached hydrogens (tertiary/aromatic N) is 2. The van der Waals surface area contributed by atoms with Crippen LogP contribution in [0.2, 0.25) is 0 Å². The molecule has 1 unspecified atom stereocenters. The summed E-state index contributed by atoms with van der Waals surface area (Å²) in [6.45, 7) is 3.94. The number of Topliss-reactive ketones (excluding diaryl/α,β-unsaturated/α-hetero) is 1. The van der Waals surface area contributed by atoms with Crippen molar-refractivity contribution >= 4 is 25.2 Å². The lowest BCUT2D eigenvalue weighted by molar-refractivity contribution is -0.139. The predicted octanol–water partition coefficient (Wildman–Crippen LogP) is 5.74. The van der Waals surface area contributed by atoms with Crippen LogP contribution in [0.4, 0.5) is 4.39 Å². The van der Waals surface area contributed by atoms with Crippen molar-refractivity contribution in [1.82, 2.24) is 9.78 Å². The number of rotatable bonds is 10. The molecule has 1 atom stereocenters. The highest BCUT2D eigenvalue weighted by atomic mass is 31.2. The molecule has 0 spiro atoms. The summed E-state index contributed by atoms with van der Waals surface area (Å²) in [5.41, 5.74) is 3.49. The Morgan fingerprint density at radius 3 is 2.35 bits per heavy atom. The van der Waals surface area contributed by atoms with E-state index in [0.29, 0.717) is 22.5 Å². The first-order valence-corrected chi connectivity index (χ1v) is 12.5. The molecule has 0 aliphatic carbocycles. The van der Waals surface area contributed by atoms with Crippen LogP contribution in [-0.4, -0.2) is 39.9 Å². The van der Waals surface area contributed by atoms with E-state index in [4.69, 9.17) is 14.7 Å². The zero-order valence-electron chi connectivity index (χ0n) is 19.1. The first-order valence-electron chi connectivity index (χ1n) is 10.6. The quantitative estimate of drug-likeness (QED) is 0.291. The number of aliphatic carboxylic acids is 1. The van der Waals surface area contributed by atoms with Gasteiger partial charge in [0.15, 0.2) is 5.78 Å². The van der Waals surface area contributed by atoms with Gasteiger partial charge in [0.25, 0.3) is 0 Å². The molecule has 0 aliphatic rings. The summed E-state index contributed by atoms with van der Waals surface area (Å²) in [5, 5.41) is 13.6. The maximum absolute atomic E-state index is 13.7. The van der Waals surface area contributed by atoms with Gasteiger partial charge in [-0.25, -0.2) is 9.07 Å². The largest absolute Gasteiger partial charge is 0.481 e. The highest BCUT2D eigenvalue weighted by Crippen LogP contribution is 2.49. The van der Waals surface area contributed by atoms with E-state index >= 15 is 0 Å². The fraction of sp³-hybridized carbons (Fsp3) is 0.240. The van der Waals surface area contributed by atoms with Gasteiger partial charge in [-0.15, -0.1) is 0 Å². The van der Waals surface area contributed by atoms with Gasteiger partial charge >= 0.3 is 5.97 Å². The molecular weight excluding hydrogens is 458 g/mol. The predicted molar refractivity (Wildman–Crippen MR) is 129 cm³/mol. The molecule has 0 aliphatic heterocycles. The number of hydrogen-bond donors (Lipinski definition) is 1. The Morgan fingerprint density at radius 2 is 1.79 bits per heavy atom. The van der Waals surface area contributed by atoms with Crippen molar-refractivity contribution < 1.29 is 28.2 Å². The second kappa shape index (κ2) is 10.7. The van der Waals surface area contributed by atoms with Crippen molar-refractivity contribution in [1.29, 1.82) is 0 Å². The van der Waals surface area contributed by atoms with Gasteiger partial charge in [-0.05, 0) is 48.4 Å². The van der Waals surface area contributed by atoms with Crippen LogP contribution >= 0.6 is 7.37 Å². The van der Waals surface area contributed by atoms with Crippen LogP contribution in [0.15, 0.2) is 60.4 Å². The summed E-state index contributed by atoms with van der Waals surface area (Å²) < 4.78 is 33.7. The summed E-state index contributed by atoms with van der Waals surface area (Å²) in [6.07, 6.45) is 0.339. The lowest BCUT2D eigenvalue weighted by atomic mass is 10.00. The number of hydrogen-bond acceptors (Lipinski definition) is 5. The standard InChI is InChI=1S/C25H26FN2O5P/c1-17(2)24-22(13-14-34(32,33-3)16-21(29)15-23(30)31)25(18-9-11-19(26)12-10-18)28(27-24)20-7-5-4-6-8-20/h4-14,17H,15-16H2,1-3H3,(H,30,31)/b14-13+. The molecule has 1 N–H and O–H groups in total. The van der Waals surface area contributed by atoms with E-state index in [1.54, 1.807) is 22.9 Å². The highest BCUT2D eigenvalue weighted by Gasteiger charge is 2.26. The van der Waals surface area contributed by atoms with Gasteiger partial charge in [-0.3, -0.25) is 14.2 Å². The molecule has 0 amide bonds. The van der Waals surface area contributed by atoms with Crippen LogP contribution in [-0.2, 0) is 18.7 Å². The average molecular weight is 484 g/mol.